The van der Waals surface area contributed by atoms with Gasteiger partial charge in [0.05, 0.1) is 17.6 Å². The number of carbonyl (C=O) groups excluding carboxylic acids is 1. The van der Waals surface area contributed by atoms with Crippen molar-refractivity contribution in [2.24, 2.45) is 0 Å². The monoisotopic (exact) mass is 374 g/mol. The van der Waals surface area contributed by atoms with E-state index in [0.29, 0.717) is 22.4 Å². The second kappa shape index (κ2) is 7.15. The molecule has 0 fully saturated rings. The number of nitrogens with zero attached hydrogens (tertiary/aromatic N) is 2. The van der Waals surface area contributed by atoms with Gasteiger partial charge in [0.15, 0.2) is 0 Å². The van der Waals surface area contributed by atoms with Crippen LogP contribution in [0.15, 0.2) is 70.0 Å². The molecule has 4 aromatic rings. The number of fused-ring (bicyclic) bond motifs is 1. The lowest BCUT2D eigenvalue weighted by Gasteiger charge is -2.08. The molecule has 6 heteroatoms. The van der Waals surface area contributed by atoms with Gasteiger partial charge in [0.1, 0.15) is 17.8 Å². The van der Waals surface area contributed by atoms with Gasteiger partial charge in [-0.2, -0.15) is 5.10 Å². The average Bonchev–Trinajstić information content (AvgIpc) is 3.07. The Bertz CT molecular complexity index is 1220. The van der Waals surface area contributed by atoms with Crippen LogP contribution in [0.5, 0.6) is 0 Å². The van der Waals surface area contributed by atoms with Crippen molar-refractivity contribution < 1.29 is 13.9 Å². The van der Waals surface area contributed by atoms with Crippen LogP contribution in [-0.2, 0) is 11.3 Å². The Labute approximate surface area is 161 Å². The highest BCUT2D eigenvalue weighted by molar-refractivity contribution is 5.90. The normalized spacial score (nSPS) is 10.9. The first-order valence-electron chi connectivity index (χ1n) is 8.83. The molecule has 0 aliphatic heterocycles. The molecule has 0 atom stereocenters. The molecule has 4 rings (SSSR count). The molecule has 0 unspecified atom stereocenters. The van der Waals surface area contributed by atoms with Gasteiger partial charge in [0.2, 0.25) is 0 Å². The van der Waals surface area contributed by atoms with Crippen LogP contribution in [0.3, 0.4) is 0 Å². The van der Waals surface area contributed by atoms with Gasteiger partial charge in [-0.1, -0.05) is 30.3 Å². The molecule has 140 valence electrons. The first-order chi connectivity index (χ1) is 13.5. The van der Waals surface area contributed by atoms with Crippen LogP contribution in [-0.4, -0.2) is 15.7 Å². The van der Waals surface area contributed by atoms with Gasteiger partial charge < -0.3 is 9.15 Å². The Hall–Kier alpha value is -3.67. The fourth-order valence-corrected chi connectivity index (χ4v) is 3.12. The topological polar surface area (TPSA) is 74.3 Å². The zero-order valence-electron chi connectivity index (χ0n) is 15.5. The Morgan fingerprint density at radius 2 is 1.89 bits per heavy atom. The van der Waals surface area contributed by atoms with Crippen LogP contribution >= 0.6 is 0 Å². The first kappa shape index (κ1) is 17.7. The van der Waals surface area contributed by atoms with Crippen LogP contribution in [0.4, 0.5) is 0 Å². The van der Waals surface area contributed by atoms with Gasteiger partial charge in [-0.3, -0.25) is 0 Å². The van der Waals surface area contributed by atoms with Crippen molar-refractivity contribution in [2.45, 2.75) is 20.5 Å². The van der Waals surface area contributed by atoms with E-state index in [0.717, 1.165) is 16.6 Å². The predicted molar refractivity (Wildman–Crippen MR) is 105 cm³/mol. The van der Waals surface area contributed by atoms with Gasteiger partial charge in [-0.15, -0.1) is 0 Å². The standard InChI is InChI=1S/C22H18N2O4/c1-14-8-9-18-16(11-21(25)28-20(18)10-14)13-27-22(26)19-12-23-24(15(19)2)17-6-4-3-5-7-17/h3-12H,13H2,1-2H3. The van der Waals surface area contributed by atoms with E-state index in [4.69, 9.17) is 9.15 Å². The molecule has 2 aromatic carbocycles. The minimum absolute atomic E-state index is 0.0278. The van der Waals surface area contributed by atoms with E-state index in [-0.39, 0.29) is 6.61 Å². The molecule has 0 N–H and O–H groups in total. The largest absolute Gasteiger partial charge is 0.457 e. The minimum atomic E-state index is -0.492. The summed E-state index contributed by atoms with van der Waals surface area (Å²) in [6, 6.07) is 16.5. The van der Waals surface area contributed by atoms with Crippen LogP contribution in [0.25, 0.3) is 16.7 Å². The lowest BCUT2D eigenvalue weighted by Crippen LogP contribution is -2.09. The number of aryl methyl sites for hydroxylation is 1. The number of esters is 1. The molecule has 6 nitrogen and oxygen atoms in total. The van der Waals surface area contributed by atoms with Gasteiger partial charge in [-0.05, 0) is 37.6 Å². The fourth-order valence-electron chi connectivity index (χ4n) is 3.12. The summed E-state index contributed by atoms with van der Waals surface area (Å²) in [5.74, 6) is -0.492. The fraction of sp³-hybridized carbons (Fsp3) is 0.136. The van der Waals surface area contributed by atoms with Crippen molar-refractivity contribution in [3.8, 4) is 5.69 Å². The number of rotatable bonds is 4. The third-order valence-electron chi connectivity index (χ3n) is 4.57. The van der Waals surface area contributed by atoms with Crippen LogP contribution < -0.4 is 5.63 Å². The molecule has 0 aliphatic rings. The van der Waals surface area contributed by atoms with Crippen LogP contribution in [0.2, 0.25) is 0 Å². The van der Waals surface area contributed by atoms with Crippen molar-refractivity contribution in [1.29, 1.82) is 0 Å². The minimum Gasteiger partial charge on any atom is -0.457 e. The highest BCUT2D eigenvalue weighted by Crippen LogP contribution is 2.20. The van der Waals surface area contributed by atoms with E-state index < -0.39 is 11.6 Å². The van der Waals surface area contributed by atoms with Crippen molar-refractivity contribution in [1.82, 2.24) is 9.78 Å². The van der Waals surface area contributed by atoms with Crippen molar-refractivity contribution in [3.05, 3.63) is 93.6 Å². The predicted octanol–water partition coefficient (Wildman–Crippen LogP) is 3.95. The number of ether oxygens (including phenoxy) is 1. The zero-order valence-corrected chi connectivity index (χ0v) is 15.5. The maximum atomic E-state index is 12.6. The number of carbonyl (C=O) groups is 1. The summed E-state index contributed by atoms with van der Waals surface area (Å²) in [7, 11) is 0. The molecule has 2 heterocycles. The molecular weight excluding hydrogens is 356 g/mol. The Balaban J connectivity index is 1.58. The van der Waals surface area contributed by atoms with Crippen LogP contribution in [0.1, 0.15) is 27.2 Å². The Morgan fingerprint density at radius 3 is 2.68 bits per heavy atom. The third kappa shape index (κ3) is 3.32. The van der Waals surface area contributed by atoms with E-state index in [2.05, 4.69) is 5.10 Å². The maximum absolute atomic E-state index is 12.6. The Kier molecular flexibility index (Phi) is 4.53. The maximum Gasteiger partial charge on any atom is 0.341 e. The van der Waals surface area contributed by atoms with Gasteiger partial charge in [-0.25, -0.2) is 14.3 Å². The summed E-state index contributed by atoms with van der Waals surface area (Å²) in [4.78, 5) is 24.4. The van der Waals surface area contributed by atoms with Crippen LogP contribution in [0, 0.1) is 13.8 Å². The highest BCUT2D eigenvalue weighted by atomic mass is 16.5. The zero-order chi connectivity index (χ0) is 19.7. The number of hydrogen-bond donors (Lipinski definition) is 0. The molecule has 28 heavy (non-hydrogen) atoms. The smallest absolute Gasteiger partial charge is 0.341 e. The second-order valence-corrected chi connectivity index (χ2v) is 6.56. The number of aromatic nitrogens is 2. The quantitative estimate of drug-likeness (QED) is 0.399. The van der Waals surface area contributed by atoms with E-state index in [9.17, 15) is 9.59 Å². The van der Waals surface area contributed by atoms with E-state index in [1.807, 2.05) is 56.3 Å². The summed E-state index contributed by atoms with van der Waals surface area (Å²) in [5, 5.41) is 5.03. The van der Waals surface area contributed by atoms with E-state index in [1.54, 1.807) is 10.7 Å². The van der Waals surface area contributed by atoms with E-state index >= 15 is 0 Å². The summed E-state index contributed by atoms with van der Waals surface area (Å²) < 4.78 is 12.4. The second-order valence-electron chi connectivity index (χ2n) is 6.56. The van der Waals surface area contributed by atoms with E-state index in [1.165, 1.54) is 12.3 Å². The summed E-state index contributed by atoms with van der Waals surface area (Å²) in [6.07, 6.45) is 1.49. The SMILES string of the molecule is Cc1ccc2c(COC(=O)c3cnn(-c4ccccc4)c3C)cc(=O)oc2c1. The molecule has 0 saturated heterocycles. The lowest BCUT2D eigenvalue weighted by molar-refractivity contribution is 0.0473. The third-order valence-corrected chi connectivity index (χ3v) is 4.57. The van der Waals surface area contributed by atoms with Gasteiger partial charge in [0.25, 0.3) is 0 Å². The molecule has 2 aromatic heterocycles. The van der Waals surface area contributed by atoms with Gasteiger partial charge in [0, 0.05) is 17.0 Å². The van der Waals surface area contributed by atoms with Gasteiger partial charge >= 0.3 is 11.6 Å². The lowest BCUT2D eigenvalue weighted by atomic mass is 10.1. The molecule has 0 saturated carbocycles. The van der Waals surface area contributed by atoms with Crippen molar-refractivity contribution in [2.75, 3.05) is 0 Å². The number of hydrogen-bond acceptors (Lipinski definition) is 5. The molecular formula is C22H18N2O4. The first-order valence-corrected chi connectivity index (χ1v) is 8.83. The molecule has 0 aliphatic carbocycles. The summed E-state index contributed by atoms with van der Waals surface area (Å²) >= 11 is 0. The Morgan fingerprint density at radius 1 is 1.11 bits per heavy atom. The summed E-state index contributed by atoms with van der Waals surface area (Å²) in [5.41, 5.74) is 3.52. The molecule has 0 bridgehead atoms. The molecule has 0 radical (unpaired) electrons. The van der Waals surface area contributed by atoms with Crippen molar-refractivity contribution >= 4 is 16.9 Å². The molecule has 0 spiro atoms. The number of benzene rings is 2. The average molecular weight is 374 g/mol. The molecule has 0 amide bonds. The van der Waals surface area contributed by atoms with Crippen molar-refractivity contribution in [3.63, 3.8) is 0 Å². The summed E-state index contributed by atoms with van der Waals surface area (Å²) in [6.45, 7) is 3.70. The number of para-hydroxylation sites is 1. The highest BCUT2D eigenvalue weighted by Gasteiger charge is 2.17.